The normalized spacial score (nSPS) is 8.37. The Morgan fingerprint density at radius 1 is 0.186 bits per heavy atom. The van der Waals surface area contributed by atoms with Crippen LogP contribution in [-0.4, -0.2) is 0 Å². The maximum Gasteiger partial charge on any atom is 0 e. The van der Waals surface area contributed by atoms with Crippen LogP contribution in [0.5, 0.6) is 34.5 Å². The molecule has 0 aliphatic rings. The second kappa shape index (κ2) is 25.8. The van der Waals surface area contributed by atoms with Crippen LogP contribution >= 0.6 is 0 Å². The van der Waals surface area contributed by atoms with Crippen LogP contribution in [0.2, 0.25) is 0 Å². The molecular formula is C36H30MoO6-6. The molecule has 6 aromatic carbocycles. The number of hydrogen-bond donors (Lipinski definition) is 0. The summed E-state index contributed by atoms with van der Waals surface area (Å²) in [6.07, 6.45) is 0. The quantitative estimate of drug-likeness (QED) is 0.220. The monoisotopic (exact) mass is 656 g/mol. The first-order valence-electron chi connectivity index (χ1n) is 12.7. The molecule has 0 spiro atoms. The van der Waals surface area contributed by atoms with Gasteiger partial charge in [-0.25, -0.2) is 0 Å². The summed E-state index contributed by atoms with van der Waals surface area (Å²) >= 11 is 0. The summed E-state index contributed by atoms with van der Waals surface area (Å²) < 4.78 is 0. The Morgan fingerprint density at radius 3 is 0.326 bits per heavy atom. The van der Waals surface area contributed by atoms with Gasteiger partial charge in [-0.2, -0.15) is 0 Å². The van der Waals surface area contributed by atoms with Crippen LogP contribution in [0.15, 0.2) is 182 Å². The fourth-order valence-corrected chi connectivity index (χ4v) is 2.52. The van der Waals surface area contributed by atoms with Crippen molar-refractivity contribution in [1.82, 2.24) is 0 Å². The predicted molar refractivity (Wildman–Crippen MR) is 155 cm³/mol. The molecule has 7 heteroatoms. The van der Waals surface area contributed by atoms with E-state index < -0.39 is 0 Å². The van der Waals surface area contributed by atoms with Crippen molar-refractivity contribution in [1.29, 1.82) is 0 Å². The van der Waals surface area contributed by atoms with E-state index in [-0.39, 0.29) is 55.6 Å². The van der Waals surface area contributed by atoms with Gasteiger partial charge in [0.25, 0.3) is 0 Å². The van der Waals surface area contributed by atoms with E-state index in [1.54, 1.807) is 72.8 Å². The van der Waals surface area contributed by atoms with E-state index in [0.717, 1.165) is 0 Å². The molecule has 0 bridgehead atoms. The minimum atomic E-state index is 0. The van der Waals surface area contributed by atoms with Crippen molar-refractivity contribution in [3.8, 4) is 34.5 Å². The maximum absolute atomic E-state index is 10.3. The zero-order valence-corrected chi connectivity index (χ0v) is 25.2. The molecule has 6 rings (SSSR count). The zero-order valence-electron chi connectivity index (χ0n) is 23.2. The van der Waals surface area contributed by atoms with Crippen molar-refractivity contribution in [2.75, 3.05) is 0 Å². The Hall–Kier alpha value is -5.19. The second-order valence-corrected chi connectivity index (χ2v) is 7.88. The third-order valence-corrected chi connectivity index (χ3v) is 4.46. The van der Waals surface area contributed by atoms with Crippen molar-refractivity contribution in [2.45, 2.75) is 0 Å². The first-order chi connectivity index (χ1) is 20.4. The molecule has 0 unspecified atom stereocenters. The molecule has 0 N–H and O–H groups in total. The third-order valence-electron chi connectivity index (χ3n) is 4.46. The van der Waals surface area contributed by atoms with Crippen LogP contribution in [0, 0.1) is 0 Å². The first-order valence-corrected chi connectivity index (χ1v) is 12.7. The number of rotatable bonds is 0. The van der Waals surface area contributed by atoms with Gasteiger partial charge in [-0.05, 0) is 0 Å². The van der Waals surface area contributed by atoms with Crippen molar-refractivity contribution in [3.05, 3.63) is 182 Å². The molecule has 0 aliphatic carbocycles. The fraction of sp³-hybridized carbons (Fsp3) is 0. The molecule has 0 saturated heterocycles. The van der Waals surface area contributed by atoms with E-state index in [9.17, 15) is 30.6 Å². The summed E-state index contributed by atoms with van der Waals surface area (Å²) in [4.78, 5) is 0. The van der Waals surface area contributed by atoms with Gasteiger partial charge in [0.05, 0.1) is 0 Å². The summed E-state index contributed by atoms with van der Waals surface area (Å²) in [5, 5.41) is 61.6. The molecular weight excluding hydrogens is 624 g/mol. The molecule has 222 valence electrons. The summed E-state index contributed by atoms with van der Waals surface area (Å²) in [6, 6.07) is 50.0. The molecule has 6 aromatic rings. The van der Waals surface area contributed by atoms with Gasteiger partial charge >= 0.3 is 0 Å². The largest absolute Gasteiger partial charge is 0.872 e. The van der Waals surface area contributed by atoms with Crippen molar-refractivity contribution in [3.63, 3.8) is 0 Å². The van der Waals surface area contributed by atoms with Crippen LogP contribution < -0.4 is 30.6 Å². The number of benzene rings is 6. The summed E-state index contributed by atoms with van der Waals surface area (Å²) in [5.74, 6) is 0.431. The average Bonchev–Trinajstić information content (AvgIpc) is 3.01. The maximum atomic E-state index is 10.3. The molecule has 43 heavy (non-hydrogen) atoms. The van der Waals surface area contributed by atoms with Gasteiger partial charge in [-0.15, -0.1) is 34.5 Å². The van der Waals surface area contributed by atoms with Gasteiger partial charge in [0, 0.05) is 21.1 Å². The van der Waals surface area contributed by atoms with Gasteiger partial charge in [0.2, 0.25) is 0 Å². The molecule has 0 aliphatic heterocycles. The molecule has 0 saturated carbocycles. The van der Waals surface area contributed by atoms with Gasteiger partial charge in [0.15, 0.2) is 0 Å². The smallest absolute Gasteiger partial charge is 0 e. The van der Waals surface area contributed by atoms with E-state index in [2.05, 4.69) is 0 Å². The first kappa shape index (κ1) is 37.8. The second-order valence-electron chi connectivity index (χ2n) is 7.88. The molecule has 0 atom stereocenters. The Morgan fingerprint density at radius 2 is 0.279 bits per heavy atom. The molecule has 0 aromatic heterocycles. The molecule has 0 heterocycles. The molecule has 6 nitrogen and oxygen atoms in total. The van der Waals surface area contributed by atoms with E-state index >= 15 is 0 Å². The number of hydrogen-bond acceptors (Lipinski definition) is 6. The van der Waals surface area contributed by atoms with Crippen molar-refractivity contribution >= 4 is 0 Å². The zero-order chi connectivity index (χ0) is 30.7. The summed E-state index contributed by atoms with van der Waals surface area (Å²) in [5.41, 5.74) is 0. The van der Waals surface area contributed by atoms with Crippen LogP contribution in [0.4, 0.5) is 0 Å². The Balaban J connectivity index is 0.000000490. The van der Waals surface area contributed by atoms with E-state index in [1.165, 1.54) is 72.8 Å². The number of para-hydroxylation sites is 6. The van der Waals surface area contributed by atoms with Gasteiger partial charge < -0.3 is 30.6 Å². The minimum absolute atomic E-state index is 0. The molecule has 0 radical (unpaired) electrons. The minimum Gasteiger partial charge on any atom is -0.872 e. The van der Waals surface area contributed by atoms with Gasteiger partial charge in [0.1, 0.15) is 0 Å². The fourth-order valence-electron chi connectivity index (χ4n) is 2.52. The Kier molecular flexibility index (Phi) is 22.6. The van der Waals surface area contributed by atoms with Crippen molar-refractivity contribution in [2.24, 2.45) is 0 Å². The van der Waals surface area contributed by atoms with Gasteiger partial charge in [-0.1, -0.05) is 182 Å². The SMILES string of the molecule is [Mo].[O-]c1ccccc1.[O-]c1ccccc1.[O-]c1ccccc1.[O-]c1ccccc1.[O-]c1ccccc1.[O-]c1ccccc1. The summed E-state index contributed by atoms with van der Waals surface area (Å²) in [6.45, 7) is 0. The Labute approximate surface area is 267 Å². The van der Waals surface area contributed by atoms with Gasteiger partial charge in [-0.3, -0.25) is 0 Å². The van der Waals surface area contributed by atoms with Crippen LogP contribution in [0.1, 0.15) is 0 Å². The van der Waals surface area contributed by atoms with E-state index in [0.29, 0.717) is 0 Å². The van der Waals surface area contributed by atoms with Crippen LogP contribution in [0.3, 0.4) is 0 Å². The molecule has 0 fully saturated rings. The summed E-state index contributed by atoms with van der Waals surface area (Å²) in [7, 11) is 0. The van der Waals surface area contributed by atoms with Crippen LogP contribution in [0.25, 0.3) is 0 Å². The van der Waals surface area contributed by atoms with E-state index in [4.69, 9.17) is 0 Å². The standard InChI is InChI=1S/6C6H6O.Mo/c6*7-6-4-2-1-3-5-6;/h6*1-5,7H;/p-6. The Bertz CT molecular complexity index is 1100. The predicted octanol–water partition coefficient (Wildman–Crippen LogP) is 4.56. The third kappa shape index (κ3) is 24.3. The van der Waals surface area contributed by atoms with E-state index in [1.807, 2.05) is 36.4 Å². The molecule has 0 amide bonds. The average molecular weight is 655 g/mol. The topological polar surface area (TPSA) is 138 Å². The van der Waals surface area contributed by atoms with Crippen molar-refractivity contribution < 1.29 is 51.7 Å². The van der Waals surface area contributed by atoms with Crippen LogP contribution in [-0.2, 0) is 21.1 Å².